The van der Waals surface area contributed by atoms with Crippen LogP contribution in [0.1, 0.15) is 69.3 Å². The molecule has 0 aliphatic heterocycles. The van der Waals surface area contributed by atoms with Gasteiger partial charge in [0.15, 0.2) is 0 Å². The van der Waals surface area contributed by atoms with Crippen LogP contribution in [0.5, 0.6) is 0 Å². The Balaban J connectivity index is 2.17. The van der Waals surface area contributed by atoms with Crippen molar-refractivity contribution in [2.45, 2.75) is 58.5 Å². The molecule has 172 valence electrons. The average Bonchev–Trinajstić information content (AvgIpc) is 2.76. The molecule has 1 N–H and O–H groups in total. The maximum absolute atomic E-state index is 13.7. The van der Waals surface area contributed by atoms with Crippen LogP contribution in [0, 0.1) is 0 Å². The van der Waals surface area contributed by atoms with Gasteiger partial charge in [-0.3, -0.25) is 19.5 Å². The Bertz CT molecular complexity index is 1090. The summed E-state index contributed by atoms with van der Waals surface area (Å²) in [5, 5.41) is 3.01. The molecule has 2 amide bonds. The first-order valence-electron chi connectivity index (χ1n) is 10.9. The second-order valence-corrected chi connectivity index (χ2v) is 9.97. The highest BCUT2D eigenvalue weighted by molar-refractivity contribution is 6.08. The number of nitrogens with zero attached hydrogens (tertiary/aromatic N) is 4. The minimum absolute atomic E-state index is 0.00912. The van der Waals surface area contributed by atoms with Gasteiger partial charge in [0.1, 0.15) is 6.04 Å². The van der Waals surface area contributed by atoms with Gasteiger partial charge in [-0.25, -0.2) is 9.97 Å². The van der Waals surface area contributed by atoms with E-state index in [1.165, 1.54) is 17.3 Å². The van der Waals surface area contributed by atoms with Crippen molar-refractivity contribution in [3.05, 3.63) is 84.2 Å². The predicted molar refractivity (Wildman–Crippen MR) is 129 cm³/mol. The number of carbonyl (C=O) groups excluding carboxylic acids is 2. The summed E-state index contributed by atoms with van der Waals surface area (Å²) in [5.74, 6) is -0.786. The van der Waals surface area contributed by atoms with Crippen molar-refractivity contribution in [2.75, 3.05) is 4.90 Å². The molecule has 0 spiro atoms. The molecule has 2 aromatic heterocycles. The fourth-order valence-corrected chi connectivity index (χ4v) is 3.42. The summed E-state index contributed by atoms with van der Waals surface area (Å²) in [6.45, 7) is 12.1. The fourth-order valence-electron chi connectivity index (χ4n) is 3.42. The van der Waals surface area contributed by atoms with Gasteiger partial charge in [0.05, 0.1) is 0 Å². The zero-order valence-electron chi connectivity index (χ0n) is 20.0. The quantitative estimate of drug-likeness (QED) is 0.626. The normalized spacial score (nSPS) is 12.7. The van der Waals surface area contributed by atoms with E-state index in [2.05, 4.69) is 41.0 Å². The van der Waals surface area contributed by atoms with E-state index in [0.717, 1.165) is 5.56 Å². The first-order chi connectivity index (χ1) is 15.5. The molecule has 7 nitrogen and oxygen atoms in total. The summed E-state index contributed by atoms with van der Waals surface area (Å²) in [4.78, 5) is 41.2. The van der Waals surface area contributed by atoms with Crippen LogP contribution in [0.15, 0.2) is 67.3 Å². The molecule has 0 radical (unpaired) electrons. The summed E-state index contributed by atoms with van der Waals surface area (Å²) in [7, 11) is 0. The fraction of sp³-hybridized carbons (Fsp3) is 0.346. The minimum atomic E-state index is -0.963. The highest BCUT2D eigenvalue weighted by Crippen LogP contribution is 2.31. The van der Waals surface area contributed by atoms with Gasteiger partial charge in [-0.15, -0.1) is 0 Å². The number of hydrogen-bond acceptors (Lipinski definition) is 5. The Hall–Kier alpha value is -3.61. The lowest BCUT2D eigenvalue weighted by atomic mass is 9.87. The number of aromatic nitrogens is 3. The molecule has 2 heterocycles. The van der Waals surface area contributed by atoms with Gasteiger partial charge in [0, 0.05) is 41.6 Å². The molecule has 0 bridgehead atoms. The first kappa shape index (κ1) is 24.0. The number of nitrogens with one attached hydrogen (secondary N) is 1. The van der Waals surface area contributed by atoms with Crippen LogP contribution in [0.2, 0.25) is 0 Å². The Kier molecular flexibility index (Phi) is 6.91. The third kappa shape index (κ3) is 6.00. The number of anilines is 1. The molecular formula is C26H31N5O2. The number of hydrogen-bond donors (Lipinski definition) is 1. The van der Waals surface area contributed by atoms with E-state index in [-0.39, 0.29) is 17.1 Å². The zero-order chi connectivity index (χ0) is 24.2. The lowest BCUT2D eigenvalue weighted by Crippen LogP contribution is -2.49. The van der Waals surface area contributed by atoms with Gasteiger partial charge in [-0.05, 0) is 56.0 Å². The summed E-state index contributed by atoms with van der Waals surface area (Å²) >= 11 is 0. The Morgan fingerprint density at radius 2 is 1.52 bits per heavy atom. The van der Waals surface area contributed by atoms with Crippen LogP contribution in [0.25, 0.3) is 0 Å². The maximum Gasteiger partial charge on any atom is 0.297 e. The van der Waals surface area contributed by atoms with Crippen molar-refractivity contribution in [2.24, 2.45) is 0 Å². The number of amides is 2. The molecule has 3 aromatic rings. The molecule has 3 rings (SSSR count). The smallest absolute Gasteiger partial charge is 0.297 e. The SMILES string of the molecule is CC(C)(C)NC(=O)C(c1cccnc1)N(C(=O)c1ncccn1)c1ccc(C(C)(C)C)cc1. The molecular weight excluding hydrogens is 414 g/mol. The Labute approximate surface area is 195 Å². The Morgan fingerprint density at radius 3 is 2.03 bits per heavy atom. The summed E-state index contributed by atoms with van der Waals surface area (Å²) < 4.78 is 0. The van der Waals surface area contributed by atoms with E-state index in [0.29, 0.717) is 11.3 Å². The summed E-state index contributed by atoms with van der Waals surface area (Å²) in [6.07, 6.45) is 6.25. The summed E-state index contributed by atoms with van der Waals surface area (Å²) in [6, 6.07) is 11.9. The van der Waals surface area contributed by atoms with Crippen molar-refractivity contribution in [3.63, 3.8) is 0 Å². The van der Waals surface area contributed by atoms with Crippen molar-refractivity contribution in [1.29, 1.82) is 0 Å². The van der Waals surface area contributed by atoms with E-state index in [4.69, 9.17) is 0 Å². The van der Waals surface area contributed by atoms with Crippen LogP contribution in [-0.4, -0.2) is 32.3 Å². The molecule has 1 atom stereocenters. The van der Waals surface area contributed by atoms with Crippen molar-refractivity contribution in [3.8, 4) is 0 Å². The molecule has 0 fully saturated rings. The molecule has 33 heavy (non-hydrogen) atoms. The molecule has 0 saturated carbocycles. The second-order valence-electron chi connectivity index (χ2n) is 9.97. The van der Waals surface area contributed by atoms with Gasteiger partial charge >= 0.3 is 0 Å². The molecule has 1 aromatic carbocycles. The Morgan fingerprint density at radius 1 is 0.879 bits per heavy atom. The molecule has 7 heteroatoms. The highest BCUT2D eigenvalue weighted by atomic mass is 16.2. The van der Waals surface area contributed by atoms with Gasteiger partial charge in [0.2, 0.25) is 11.7 Å². The van der Waals surface area contributed by atoms with Crippen LogP contribution in [0.3, 0.4) is 0 Å². The third-order valence-corrected chi connectivity index (χ3v) is 4.99. The van der Waals surface area contributed by atoms with Crippen LogP contribution >= 0.6 is 0 Å². The largest absolute Gasteiger partial charge is 0.349 e. The third-order valence-electron chi connectivity index (χ3n) is 4.99. The molecule has 0 saturated heterocycles. The average molecular weight is 446 g/mol. The predicted octanol–water partition coefficient (Wildman–Crippen LogP) is 4.47. The minimum Gasteiger partial charge on any atom is -0.349 e. The van der Waals surface area contributed by atoms with E-state index in [1.54, 1.807) is 30.6 Å². The van der Waals surface area contributed by atoms with Crippen LogP contribution in [-0.2, 0) is 10.2 Å². The monoisotopic (exact) mass is 445 g/mol. The number of carbonyl (C=O) groups is 2. The molecule has 1 unspecified atom stereocenters. The van der Waals surface area contributed by atoms with E-state index in [1.807, 2.05) is 45.0 Å². The lowest BCUT2D eigenvalue weighted by molar-refractivity contribution is -0.123. The standard InChI is InChI=1S/C26H31N5O2/c1-25(2,3)19-10-12-20(13-11-19)31(24(33)22-28-15-8-16-29-22)21(18-9-7-14-27-17-18)23(32)30-26(4,5)6/h7-17,21H,1-6H3,(H,30,32). The molecule has 0 aliphatic rings. The number of benzene rings is 1. The van der Waals surface area contributed by atoms with Crippen LogP contribution < -0.4 is 10.2 Å². The second kappa shape index (κ2) is 9.48. The van der Waals surface area contributed by atoms with Crippen molar-refractivity contribution in [1.82, 2.24) is 20.3 Å². The topological polar surface area (TPSA) is 88.1 Å². The number of rotatable bonds is 5. The van der Waals surface area contributed by atoms with Gasteiger partial charge in [0.25, 0.3) is 5.91 Å². The number of pyridine rings is 1. The lowest BCUT2D eigenvalue weighted by Gasteiger charge is -2.33. The van der Waals surface area contributed by atoms with E-state index < -0.39 is 17.5 Å². The first-order valence-corrected chi connectivity index (χ1v) is 10.9. The van der Waals surface area contributed by atoms with E-state index >= 15 is 0 Å². The summed E-state index contributed by atoms with van der Waals surface area (Å²) in [5.41, 5.74) is 1.72. The van der Waals surface area contributed by atoms with Gasteiger partial charge in [-0.2, -0.15) is 0 Å². The van der Waals surface area contributed by atoms with E-state index in [9.17, 15) is 9.59 Å². The van der Waals surface area contributed by atoms with Crippen LogP contribution in [0.4, 0.5) is 5.69 Å². The highest BCUT2D eigenvalue weighted by Gasteiger charge is 2.36. The van der Waals surface area contributed by atoms with Gasteiger partial charge < -0.3 is 5.32 Å². The molecule has 0 aliphatic carbocycles. The maximum atomic E-state index is 13.7. The van der Waals surface area contributed by atoms with Crippen molar-refractivity contribution >= 4 is 17.5 Å². The van der Waals surface area contributed by atoms with Crippen molar-refractivity contribution < 1.29 is 9.59 Å². The van der Waals surface area contributed by atoms with Gasteiger partial charge in [-0.1, -0.05) is 39.0 Å². The zero-order valence-corrected chi connectivity index (χ0v) is 20.0.